The van der Waals surface area contributed by atoms with Crippen molar-refractivity contribution in [1.29, 1.82) is 5.26 Å². The van der Waals surface area contributed by atoms with Gasteiger partial charge in [-0.05, 0) is 18.2 Å². The predicted octanol–water partition coefficient (Wildman–Crippen LogP) is 1.88. The fourth-order valence-corrected chi connectivity index (χ4v) is 2.55. The van der Waals surface area contributed by atoms with Gasteiger partial charge in [0.25, 0.3) is 0 Å². The predicted molar refractivity (Wildman–Crippen MR) is 70.4 cm³/mol. The average molecular weight is 329 g/mol. The van der Waals surface area contributed by atoms with Gasteiger partial charge >= 0.3 is 5.97 Å². The van der Waals surface area contributed by atoms with Gasteiger partial charge in [0.2, 0.25) is 5.91 Å². The summed E-state index contributed by atoms with van der Waals surface area (Å²) in [6, 6.07) is 6.54. The number of aromatic carboxylic acids is 1. The van der Waals surface area contributed by atoms with Crippen LogP contribution in [0.15, 0.2) is 27.6 Å². The van der Waals surface area contributed by atoms with E-state index in [1.807, 2.05) is 0 Å². The third kappa shape index (κ3) is 4.39. The molecule has 1 rings (SSSR count). The summed E-state index contributed by atoms with van der Waals surface area (Å²) >= 11 is 4.36. The van der Waals surface area contributed by atoms with Crippen LogP contribution < -0.4 is 5.32 Å². The van der Waals surface area contributed by atoms with Gasteiger partial charge in [0.1, 0.15) is 6.54 Å². The van der Waals surface area contributed by atoms with Gasteiger partial charge in [-0.3, -0.25) is 4.79 Å². The Morgan fingerprint density at radius 2 is 2.22 bits per heavy atom. The zero-order valence-corrected chi connectivity index (χ0v) is 11.5. The number of carbonyl (C=O) groups is 2. The van der Waals surface area contributed by atoms with Gasteiger partial charge in [0.15, 0.2) is 0 Å². The van der Waals surface area contributed by atoms with Crippen molar-refractivity contribution < 1.29 is 14.7 Å². The molecule has 5 nitrogen and oxygen atoms in total. The molecule has 0 aliphatic rings. The monoisotopic (exact) mass is 328 g/mol. The number of hydrogen-bond donors (Lipinski definition) is 2. The molecule has 18 heavy (non-hydrogen) atoms. The van der Waals surface area contributed by atoms with Crippen LogP contribution in [0.3, 0.4) is 0 Å². The van der Waals surface area contributed by atoms with Crippen LogP contribution in [-0.4, -0.2) is 29.3 Å². The molecule has 0 saturated heterocycles. The number of rotatable bonds is 5. The van der Waals surface area contributed by atoms with Gasteiger partial charge < -0.3 is 10.4 Å². The van der Waals surface area contributed by atoms with E-state index in [-0.39, 0.29) is 23.8 Å². The van der Waals surface area contributed by atoms with Crippen LogP contribution in [0.5, 0.6) is 0 Å². The van der Waals surface area contributed by atoms with E-state index in [9.17, 15) is 9.59 Å². The van der Waals surface area contributed by atoms with Crippen LogP contribution in [0.1, 0.15) is 10.4 Å². The molecule has 1 amide bonds. The lowest BCUT2D eigenvalue weighted by Crippen LogP contribution is -2.25. The number of halogens is 1. The van der Waals surface area contributed by atoms with E-state index in [2.05, 4.69) is 21.2 Å². The molecular weight excluding hydrogens is 320 g/mol. The smallest absolute Gasteiger partial charge is 0.336 e. The number of nitrogens with one attached hydrogen (secondary N) is 1. The van der Waals surface area contributed by atoms with E-state index in [4.69, 9.17) is 10.4 Å². The summed E-state index contributed by atoms with van der Waals surface area (Å²) in [6.07, 6.45) is 0. The van der Waals surface area contributed by atoms with E-state index in [0.717, 1.165) is 16.2 Å². The van der Waals surface area contributed by atoms with Crippen LogP contribution in [0.4, 0.5) is 0 Å². The first kappa shape index (κ1) is 14.5. The quantitative estimate of drug-likeness (QED) is 0.636. The van der Waals surface area contributed by atoms with Gasteiger partial charge in [0.05, 0.1) is 17.4 Å². The molecule has 0 spiro atoms. The second-order valence-corrected chi connectivity index (χ2v) is 5.10. The zero-order valence-electron chi connectivity index (χ0n) is 9.14. The Morgan fingerprint density at radius 3 is 2.83 bits per heavy atom. The minimum atomic E-state index is -1.04. The van der Waals surface area contributed by atoms with Crippen molar-refractivity contribution in [1.82, 2.24) is 5.32 Å². The van der Waals surface area contributed by atoms with Crippen molar-refractivity contribution >= 4 is 39.6 Å². The molecule has 0 fully saturated rings. The highest BCUT2D eigenvalue weighted by atomic mass is 79.9. The molecule has 1 aromatic rings. The highest BCUT2D eigenvalue weighted by Gasteiger charge is 2.12. The van der Waals surface area contributed by atoms with Crippen molar-refractivity contribution in [3.05, 3.63) is 28.2 Å². The first-order valence-corrected chi connectivity index (χ1v) is 6.61. The Kier molecular flexibility index (Phi) is 5.68. The molecule has 0 heterocycles. The van der Waals surface area contributed by atoms with Gasteiger partial charge in [-0.15, -0.1) is 11.8 Å². The number of carbonyl (C=O) groups excluding carboxylic acids is 1. The molecule has 1 aromatic carbocycles. The number of carboxylic acids is 1. The molecule has 0 aliphatic carbocycles. The molecule has 7 heteroatoms. The maximum atomic E-state index is 11.3. The van der Waals surface area contributed by atoms with Gasteiger partial charge in [-0.25, -0.2) is 4.79 Å². The number of carboxylic acid groups (broad SMARTS) is 1. The minimum Gasteiger partial charge on any atom is -0.478 e. The highest BCUT2D eigenvalue weighted by molar-refractivity contribution is 9.10. The molecule has 94 valence electrons. The molecule has 0 aromatic heterocycles. The summed E-state index contributed by atoms with van der Waals surface area (Å²) in [6.45, 7) is -0.0519. The molecule has 0 unspecified atom stereocenters. The molecule has 0 bridgehead atoms. The second kappa shape index (κ2) is 7.03. The minimum absolute atomic E-state index is 0.0519. The lowest BCUT2D eigenvalue weighted by molar-refractivity contribution is -0.118. The maximum Gasteiger partial charge on any atom is 0.336 e. The summed E-state index contributed by atoms with van der Waals surface area (Å²) in [5, 5.41) is 19.7. The maximum absolute atomic E-state index is 11.3. The Labute approximate surface area is 116 Å². The SMILES string of the molecule is N#CCNC(=O)CSc1cc(Br)ccc1C(=O)O. The van der Waals surface area contributed by atoms with E-state index in [0.29, 0.717) is 4.90 Å². The summed E-state index contributed by atoms with van der Waals surface area (Å²) in [7, 11) is 0. The lowest BCUT2D eigenvalue weighted by atomic mass is 10.2. The number of amides is 1. The largest absolute Gasteiger partial charge is 0.478 e. The summed E-state index contributed by atoms with van der Waals surface area (Å²) in [5.41, 5.74) is 0.149. The summed E-state index contributed by atoms with van der Waals surface area (Å²) < 4.78 is 0.743. The van der Waals surface area contributed by atoms with Gasteiger partial charge in [-0.2, -0.15) is 5.26 Å². The van der Waals surface area contributed by atoms with E-state index in [1.165, 1.54) is 6.07 Å². The number of nitriles is 1. The topological polar surface area (TPSA) is 90.2 Å². The first-order valence-electron chi connectivity index (χ1n) is 4.84. The van der Waals surface area contributed by atoms with Crippen molar-refractivity contribution in [3.63, 3.8) is 0 Å². The third-order valence-corrected chi connectivity index (χ3v) is 3.45. The summed E-state index contributed by atoms with van der Waals surface area (Å²) in [4.78, 5) is 22.8. The number of benzene rings is 1. The number of hydrogen-bond acceptors (Lipinski definition) is 4. The van der Waals surface area contributed by atoms with E-state index < -0.39 is 5.97 Å². The molecule has 2 N–H and O–H groups in total. The fourth-order valence-electron chi connectivity index (χ4n) is 1.12. The van der Waals surface area contributed by atoms with Crippen LogP contribution >= 0.6 is 27.7 Å². The average Bonchev–Trinajstić information content (AvgIpc) is 2.33. The Bertz CT molecular complexity index is 514. The lowest BCUT2D eigenvalue weighted by Gasteiger charge is -2.06. The van der Waals surface area contributed by atoms with Crippen LogP contribution in [0.2, 0.25) is 0 Å². The van der Waals surface area contributed by atoms with Crippen LogP contribution in [-0.2, 0) is 4.79 Å². The Hall–Kier alpha value is -1.52. The molecule has 0 atom stereocenters. The normalized spacial score (nSPS) is 9.56. The van der Waals surface area contributed by atoms with Crippen molar-refractivity contribution in [2.75, 3.05) is 12.3 Å². The standard InChI is InChI=1S/C11H9BrN2O3S/c12-7-1-2-8(11(16)17)9(5-7)18-6-10(15)14-4-3-13/h1-2,5H,4,6H2,(H,14,15)(H,16,17). The molecule has 0 radical (unpaired) electrons. The molecule has 0 aliphatic heterocycles. The Balaban J connectivity index is 2.72. The van der Waals surface area contributed by atoms with Crippen molar-refractivity contribution in [2.45, 2.75) is 4.90 Å². The molecule has 0 saturated carbocycles. The number of thioether (sulfide) groups is 1. The van der Waals surface area contributed by atoms with Crippen molar-refractivity contribution in [3.8, 4) is 6.07 Å². The third-order valence-electron chi connectivity index (χ3n) is 1.90. The fraction of sp³-hybridized carbons (Fsp3) is 0.182. The highest BCUT2D eigenvalue weighted by Crippen LogP contribution is 2.26. The second-order valence-electron chi connectivity index (χ2n) is 3.17. The number of nitrogens with zero attached hydrogens (tertiary/aromatic N) is 1. The Morgan fingerprint density at radius 1 is 1.50 bits per heavy atom. The van der Waals surface area contributed by atoms with Crippen LogP contribution in [0.25, 0.3) is 0 Å². The molecular formula is C11H9BrN2O3S. The van der Waals surface area contributed by atoms with E-state index >= 15 is 0 Å². The van der Waals surface area contributed by atoms with Crippen molar-refractivity contribution in [2.24, 2.45) is 0 Å². The van der Waals surface area contributed by atoms with Crippen LogP contribution in [0, 0.1) is 11.3 Å². The van der Waals surface area contributed by atoms with Gasteiger partial charge in [-0.1, -0.05) is 15.9 Å². The first-order chi connectivity index (χ1) is 8.54. The van der Waals surface area contributed by atoms with Gasteiger partial charge in [0, 0.05) is 9.37 Å². The summed E-state index contributed by atoms with van der Waals surface area (Å²) in [5.74, 6) is -1.28. The van der Waals surface area contributed by atoms with E-state index in [1.54, 1.807) is 18.2 Å². The zero-order chi connectivity index (χ0) is 13.5.